The van der Waals surface area contributed by atoms with Gasteiger partial charge in [0.2, 0.25) is 0 Å². The molecule has 0 radical (unpaired) electrons. The van der Waals surface area contributed by atoms with Crippen molar-refractivity contribution in [3.8, 4) is 0 Å². The van der Waals surface area contributed by atoms with Crippen LogP contribution in [0.15, 0.2) is 0 Å². The van der Waals surface area contributed by atoms with Crippen molar-refractivity contribution < 1.29 is 37.4 Å². The molecule has 1 aliphatic rings. The van der Waals surface area contributed by atoms with Crippen molar-refractivity contribution in [3.63, 3.8) is 0 Å². The first kappa shape index (κ1) is 16.2. The van der Waals surface area contributed by atoms with E-state index >= 15 is 0 Å². The molecule has 1 rings (SSSR count). The third-order valence-electron chi connectivity index (χ3n) is 2.30. The number of hydrogen-bond donors (Lipinski definition) is 2. The summed E-state index contributed by atoms with van der Waals surface area (Å²) in [5.74, 6) is -2.30. The molecule has 1 aliphatic carbocycles. The molecule has 1 fully saturated rings. The van der Waals surface area contributed by atoms with Gasteiger partial charge in [-0.1, -0.05) is 0 Å². The molecule has 114 valence electrons. The molecule has 0 aromatic carbocycles. The fourth-order valence-corrected chi connectivity index (χ4v) is 1.40. The van der Waals surface area contributed by atoms with Crippen molar-refractivity contribution in [3.05, 3.63) is 0 Å². The fourth-order valence-electron chi connectivity index (χ4n) is 1.40. The van der Waals surface area contributed by atoms with Crippen molar-refractivity contribution >= 4 is 17.9 Å². The zero-order valence-electron chi connectivity index (χ0n) is 10.3. The summed E-state index contributed by atoms with van der Waals surface area (Å²) in [5.41, 5.74) is 0. The van der Waals surface area contributed by atoms with Crippen molar-refractivity contribution in [2.75, 3.05) is 19.8 Å². The van der Waals surface area contributed by atoms with Gasteiger partial charge in [-0.25, -0.2) is 9.59 Å². The van der Waals surface area contributed by atoms with E-state index in [9.17, 15) is 27.6 Å². The van der Waals surface area contributed by atoms with E-state index in [0.29, 0.717) is 17.7 Å². The van der Waals surface area contributed by atoms with Gasteiger partial charge in [-0.15, -0.1) is 0 Å². The lowest BCUT2D eigenvalue weighted by Crippen LogP contribution is -2.48. The minimum absolute atomic E-state index is 0.452. The molecule has 0 spiro atoms. The van der Waals surface area contributed by atoms with Gasteiger partial charge in [0.15, 0.2) is 0 Å². The van der Waals surface area contributed by atoms with Crippen LogP contribution in [0.4, 0.5) is 18.0 Å². The van der Waals surface area contributed by atoms with Gasteiger partial charge in [-0.2, -0.15) is 13.2 Å². The molecule has 0 aromatic heterocycles. The van der Waals surface area contributed by atoms with Crippen LogP contribution in [0.2, 0.25) is 0 Å². The van der Waals surface area contributed by atoms with Crippen LogP contribution >= 0.6 is 0 Å². The number of ether oxygens (including phenoxy) is 1. The molecule has 10 heteroatoms. The minimum Gasteiger partial charge on any atom is -0.480 e. The van der Waals surface area contributed by atoms with Crippen LogP contribution in [0.5, 0.6) is 0 Å². The monoisotopic (exact) mass is 298 g/mol. The Labute approximate surface area is 111 Å². The Hall–Kier alpha value is -1.84. The first-order chi connectivity index (χ1) is 9.19. The quantitative estimate of drug-likeness (QED) is 0.737. The molecule has 7 nitrogen and oxygen atoms in total. The van der Waals surface area contributed by atoms with Crippen LogP contribution in [0.3, 0.4) is 0 Å². The largest absolute Gasteiger partial charge is 0.480 e. The SMILES string of the molecule is O=C(O)COCC(=O)NC(=O)N(CC(F)(F)F)C1CC1. The summed E-state index contributed by atoms with van der Waals surface area (Å²) in [6, 6.07) is -1.68. The van der Waals surface area contributed by atoms with Crippen LogP contribution in [0.1, 0.15) is 12.8 Å². The number of carboxylic acid groups (broad SMARTS) is 1. The van der Waals surface area contributed by atoms with E-state index in [1.807, 2.05) is 0 Å². The van der Waals surface area contributed by atoms with Crippen LogP contribution in [-0.4, -0.2) is 59.9 Å². The summed E-state index contributed by atoms with van der Waals surface area (Å²) in [6.07, 6.45) is -3.65. The highest BCUT2D eigenvalue weighted by molar-refractivity contribution is 5.95. The van der Waals surface area contributed by atoms with E-state index in [-0.39, 0.29) is 0 Å². The van der Waals surface area contributed by atoms with E-state index in [1.165, 1.54) is 0 Å². The second kappa shape index (κ2) is 6.55. The van der Waals surface area contributed by atoms with E-state index < -0.39 is 49.9 Å². The van der Waals surface area contributed by atoms with E-state index in [1.54, 1.807) is 5.32 Å². The second-order valence-electron chi connectivity index (χ2n) is 4.21. The van der Waals surface area contributed by atoms with E-state index in [0.717, 1.165) is 0 Å². The topological polar surface area (TPSA) is 95.9 Å². The molecule has 2 N–H and O–H groups in total. The summed E-state index contributed by atoms with van der Waals surface area (Å²) < 4.78 is 41.3. The van der Waals surface area contributed by atoms with Crippen LogP contribution < -0.4 is 5.32 Å². The van der Waals surface area contributed by atoms with Gasteiger partial charge >= 0.3 is 18.2 Å². The van der Waals surface area contributed by atoms with Crippen LogP contribution in [0.25, 0.3) is 0 Å². The van der Waals surface area contributed by atoms with Gasteiger partial charge in [-0.3, -0.25) is 10.1 Å². The highest BCUT2D eigenvalue weighted by atomic mass is 19.4. The molecule has 3 amide bonds. The second-order valence-corrected chi connectivity index (χ2v) is 4.21. The zero-order chi connectivity index (χ0) is 15.3. The summed E-state index contributed by atoms with van der Waals surface area (Å²) in [4.78, 5) is 33.4. The molecule has 0 saturated heterocycles. The minimum atomic E-state index is -4.55. The number of nitrogens with one attached hydrogen (secondary N) is 1. The average molecular weight is 298 g/mol. The molecular formula is C10H13F3N2O5. The molecule has 0 unspecified atom stereocenters. The Balaban J connectivity index is 2.41. The summed E-state index contributed by atoms with van der Waals surface area (Å²) in [7, 11) is 0. The van der Waals surface area contributed by atoms with Crippen molar-refractivity contribution in [1.29, 1.82) is 0 Å². The Bertz CT molecular complexity index is 395. The van der Waals surface area contributed by atoms with Crippen molar-refractivity contribution in [2.45, 2.75) is 25.1 Å². The Morgan fingerprint density at radius 3 is 2.30 bits per heavy atom. The average Bonchev–Trinajstić information content (AvgIpc) is 3.07. The number of amides is 3. The van der Waals surface area contributed by atoms with Crippen molar-refractivity contribution in [1.82, 2.24) is 10.2 Å². The molecule has 0 bridgehead atoms. The third-order valence-corrected chi connectivity index (χ3v) is 2.30. The Kier molecular flexibility index (Phi) is 5.31. The van der Waals surface area contributed by atoms with E-state index in [2.05, 4.69) is 4.74 Å². The standard InChI is InChI=1S/C10H13F3N2O5/c11-10(12,13)5-15(6-1-2-6)9(19)14-7(16)3-20-4-8(17)18/h6H,1-5H2,(H,17,18)(H,14,16,19). The maximum atomic E-state index is 12.3. The lowest BCUT2D eigenvalue weighted by molar-refractivity contribution is -0.145. The molecule has 0 heterocycles. The zero-order valence-corrected chi connectivity index (χ0v) is 10.3. The number of urea groups is 1. The fraction of sp³-hybridized carbons (Fsp3) is 0.700. The number of alkyl halides is 3. The molecule has 0 aliphatic heterocycles. The molecule has 0 atom stereocenters. The number of rotatable bonds is 6. The lowest BCUT2D eigenvalue weighted by atomic mass is 10.4. The smallest absolute Gasteiger partial charge is 0.406 e. The number of nitrogens with zero attached hydrogens (tertiary/aromatic N) is 1. The molecular weight excluding hydrogens is 285 g/mol. The van der Waals surface area contributed by atoms with Crippen LogP contribution in [-0.2, 0) is 14.3 Å². The lowest BCUT2D eigenvalue weighted by Gasteiger charge is -2.23. The normalized spacial score (nSPS) is 14.8. The van der Waals surface area contributed by atoms with Gasteiger partial charge in [-0.05, 0) is 12.8 Å². The first-order valence-electron chi connectivity index (χ1n) is 5.66. The maximum absolute atomic E-state index is 12.3. The van der Waals surface area contributed by atoms with Gasteiger partial charge in [0, 0.05) is 6.04 Å². The number of halogens is 3. The van der Waals surface area contributed by atoms with Gasteiger partial charge < -0.3 is 14.7 Å². The number of carboxylic acids is 1. The van der Waals surface area contributed by atoms with E-state index in [4.69, 9.17) is 5.11 Å². The first-order valence-corrected chi connectivity index (χ1v) is 5.66. The van der Waals surface area contributed by atoms with Gasteiger partial charge in [0.05, 0.1) is 0 Å². The van der Waals surface area contributed by atoms with Gasteiger partial charge in [0.25, 0.3) is 5.91 Å². The predicted octanol–water partition coefficient (Wildman–Crippen LogP) is 0.351. The summed E-state index contributed by atoms with van der Waals surface area (Å²) in [6.45, 7) is -2.90. The predicted molar refractivity (Wildman–Crippen MR) is 57.8 cm³/mol. The molecule has 20 heavy (non-hydrogen) atoms. The summed E-state index contributed by atoms with van der Waals surface area (Å²) >= 11 is 0. The van der Waals surface area contributed by atoms with Crippen molar-refractivity contribution in [2.24, 2.45) is 0 Å². The Morgan fingerprint density at radius 2 is 1.85 bits per heavy atom. The third kappa shape index (κ3) is 6.36. The Morgan fingerprint density at radius 1 is 1.25 bits per heavy atom. The molecule has 0 aromatic rings. The highest BCUT2D eigenvalue weighted by Gasteiger charge is 2.41. The number of carbonyl (C=O) groups is 3. The number of aliphatic carboxylic acids is 1. The number of imide groups is 1. The van der Waals surface area contributed by atoms with Crippen LogP contribution in [0, 0.1) is 0 Å². The maximum Gasteiger partial charge on any atom is 0.406 e. The number of hydrogen-bond acceptors (Lipinski definition) is 4. The van der Waals surface area contributed by atoms with Gasteiger partial charge in [0.1, 0.15) is 19.8 Å². The number of carbonyl (C=O) groups excluding carboxylic acids is 2. The molecule has 1 saturated carbocycles. The highest BCUT2D eigenvalue weighted by Crippen LogP contribution is 2.29. The summed E-state index contributed by atoms with van der Waals surface area (Å²) in [5, 5.41) is 9.98.